The number of hydrogen-bond acceptors (Lipinski definition) is 9. The number of carbonyl (C=O) groups excluding carboxylic acids is 2. The van der Waals surface area contributed by atoms with E-state index in [9.17, 15) is 9.59 Å². The molecule has 0 atom stereocenters. The van der Waals surface area contributed by atoms with E-state index in [4.69, 9.17) is 0 Å². The molecule has 4 aromatic rings. The second kappa shape index (κ2) is 10.6. The van der Waals surface area contributed by atoms with Gasteiger partial charge in [0.2, 0.25) is 5.91 Å². The Kier molecular flexibility index (Phi) is 7.33. The molecule has 4 N–H and O–H groups in total. The van der Waals surface area contributed by atoms with Gasteiger partial charge in [-0.15, -0.1) is 22.7 Å². The van der Waals surface area contributed by atoms with Crippen LogP contribution in [-0.2, 0) is 4.79 Å². The summed E-state index contributed by atoms with van der Waals surface area (Å²) in [5, 5.41) is 14.6. The zero-order valence-corrected chi connectivity index (χ0v) is 20.6. The van der Waals surface area contributed by atoms with Crippen LogP contribution in [0.15, 0.2) is 41.4 Å². The number of benzene rings is 1. The maximum Gasteiger partial charge on any atom is 0.270 e. The summed E-state index contributed by atoms with van der Waals surface area (Å²) in [5.74, 6) is 0.282. The Morgan fingerprint density at radius 3 is 2.68 bits per heavy atom. The Balaban J connectivity index is 1.52. The van der Waals surface area contributed by atoms with E-state index in [0.29, 0.717) is 29.6 Å². The van der Waals surface area contributed by atoms with Gasteiger partial charge in [-0.1, -0.05) is 0 Å². The van der Waals surface area contributed by atoms with Crippen molar-refractivity contribution in [3.8, 4) is 10.6 Å². The van der Waals surface area contributed by atoms with Crippen molar-refractivity contribution in [1.82, 2.24) is 25.6 Å². The zero-order chi connectivity index (χ0) is 24.1. The number of pyridine rings is 1. The summed E-state index contributed by atoms with van der Waals surface area (Å²) < 4.78 is 1.10. The minimum Gasteiger partial charge on any atom is -0.382 e. The minimum absolute atomic E-state index is 0.134. The van der Waals surface area contributed by atoms with E-state index in [1.807, 2.05) is 23.7 Å². The van der Waals surface area contributed by atoms with Crippen molar-refractivity contribution in [2.45, 2.75) is 26.8 Å². The molecule has 0 bridgehead atoms. The number of aromatic nitrogens is 3. The van der Waals surface area contributed by atoms with Gasteiger partial charge in [0.15, 0.2) is 0 Å². The van der Waals surface area contributed by atoms with Crippen LogP contribution >= 0.6 is 22.7 Å². The summed E-state index contributed by atoms with van der Waals surface area (Å²) in [6.07, 6.45) is 1.76. The van der Waals surface area contributed by atoms with Gasteiger partial charge in [-0.3, -0.25) is 9.59 Å². The van der Waals surface area contributed by atoms with Gasteiger partial charge in [-0.25, -0.2) is 15.0 Å². The molecule has 0 fully saturated rings. The van der Waals surface area contributed by atoms with Crippen LogP contribution in [0, 0.1) is 0 Å². The molecule has 3 heterocycles. The summed E-state index contributed by atoms with van der Waals surface area (Å²) in [6.45, 7) is 6.26. The third-order valence-corrected chi connectivity index (χ3v) is 6.37. The quantitative estimate of drug-likeness (QED) is 0.256. The molecular weight excluding hydrogens is 470 g/mol. The third-order valence-electron chi connectivity index (χ3n) is 4.70. The Morgan fingerprint density at radius 1 is 1.06 bits per heavy atom. The van der Waals surface area contributed by atoms with E-state index in [1.165, 1.54) is 18.3 Å². The second-order valence-corrected chi connectivity index (χ2v) is 9.60. The van der Waals surface area contributed by atoms with Gasteiger partial charge < -0.3 is 21.3 Å². The first-order chi connectivity index (χ1) is 16.4. The number of hydrogen-bond donors (Lipinski definition) is 4. The molecule has 34 heavy (non-hydrogen) atoms. The molecule has 0 unspecified atom stereocenters. The average Bonchev–Trinajstić information content (AvgIpc) is 3.46. The number of anilines is 3. The number of thiazole rings is 2. The van der Waals surface area contributed by atoms with E-state index < -0.39 is 0 Å². The van der Waals surface area contributed by atoms with Crippen LogP contribution in [0.5, 0.6) is 0 Å². The summed E-state index contributed by atoms with van der Waals surface area (Å²) in [4.78, 5) is 36.8. The summed E-state index contributed by atoms with van der Waals surface area (Å²) in [7, 11) is 0. The fraction of sp³-hybridized carbons (Fsp3) is 0.261. The number of rotatable bonds is 9. The molecule has 1 aromatic carbocycles. The maximum atomic E-state index is 12.4. The summed E-state index contributed by atoms with van der Waals surface area (Å²) >= 11 is 2.97. The van der Waals surface area contributed by atoms with Crippen LogP contribution in [0.25, 0.3) is 20.8 Å². The first kappa shape index (κ1) is 23.6. The van der Waals surface area contributed by atoms with Crippen LogP contribution in [0.3, 0.4) is 0 Å². The van der Waals surface area contributed by atoms with Gasteiger partial charge in [0.25, 0.3) is 5.91 Å². The standard InChI is InChI=1S/C23H25N7O2S2/c1-13(2)28-18-9-21(29-15-4-5-17-20(8-15)34-12-27-17)26-10-16(18)23-30-19(11-33-23)22(32)25-7-6-24-14(3)31/h4-5,8-13H,6-7H2,1-3H3,(H,24,31)(H,25,32)(H2,26,28,29). The van der Waals surface area contributed by atoms with E-state index >= 15 is 0 Å². The molecule has 11 heteroatoms. The van der Waals surface area contributed by atoms with E-state index in [0.717, 1.165) is 27.2 Å². The van der Waals surface area contributed by atoms with Crippen LogP contribution in [0.4, 0.5) is 17.2 Å². The fourth-order valence-corrected chi connectivity index (χ4v) is 4.75. The highest BCUT2D eigenvalue weighted by molar-refractivity contribution is 7.16. The lowest BCUT2D eigenvalue weighted by Gasteiger charge is -2.15. The van der Waals surface area contributed by atoms with Crippen molar-refractivity contribution < 1.29 is 9.59 Å². The molecule has 0 spiro atoms. The van der Waals surface area contributed by atoms with Crippen molar-refractivity contribution in [2.75, 3.05) is 23.7 Å². The topological polar surface area (TPSA) is 121 Å². The van der Waals surface area contributed by atoms with Crippen molar-refractivity contribution in [2.24, 2.45) is 0 Å². The van der Waals surface area contributed by atoms with Crippen molar-refractivity contribution in [3.63, 3.8) is 0 Å². The lowest BCUT2D eigenvalue weighted by molar-refractivity contribution is -0.118. The fourth-order valence-electron chi connectivity index (χ4n) is 3.21. The predicted molar refractivity (Wildman–Crippen MR) is 138 cm³/mol. The smallest absolute Gasteiger partial charge is 0.270 e. The molecule has 2 amide bonds. The first-order valence-corrected chi connectivity index (χ1v) is 12.5. The Labute approximate surface area is 205 Å². The highest BCUT2D eigenvalue weighted by atomic mass is 32.1. The van der Waals surface area contributed by atoms with Gasteiger partial charge in [-0.2, -0.15) is 0 Å². The van der Waals surface area contributed by atoms with Crippen LogP contribution in [0.1, 0.15) is 31.3 Å². The molecule has 0 saturated carbocycles. The number of carbonyl (C=O) groups is 2. The zero-order valence-electron chi connectivity index (χ0n) is 19.0. The largest absolute Gasteiger partial charge is 0.382 e. The average molecular weight is 496 g/mol. The highest BCUT2D eigenvalue weighted by Gasteiger charge is 2.16. The molecule has 0 saturated heterocycles. The van der Waals surface area contributed by atoms with E-state index in [2.05, 4.69) is 56.1 Å². The number of amides is 2. The molecule has 9 nitrogen and oxygen atoms in total. The molecule has 0 radical (unpaired) electrons. The predicted octanol–water partition coefficient (Wildman–Crippen LogP) is 4.24. The SMILES string of the molecule is CC(=O)NCCNC(=O)c1csc(-c2cnc(Nc3ccc4ncsc4c3)cc2NC(C)C)n1. The number of nitrogens with zero attached hydrogens (tertiary/aromatic N) is 3. The van der Waals surface area contributed by atoms with Gasteiger partial charge in [-0.05, 0) is 32.0 Å². The lowest BCUT2D eigenvalue weighted by atomic mass is 10.2. The molecule has 3 aromatic heterocycles. The van der Waals surface area contributed by atoms with Crippen molar-refractivity contribution in [3.05, 3.63) is 47.0 Å². The summed E-state index contributed by atoms with van der Waals surface area (Å²) in [5.41, 5.74) is 5.76. The van der Waals surface area contributed by atoms with E-state index in [-0.39, 0.29) is 17.9 Å². The van der Waals surface area contributed by atoms with Crippen LogP contribution in [-0.4, -0.2) is 45.9 Å². The van der Waals surface area contributed by atoms with E-state index in [1.54, 1.807) is 22.9 Å². The maximum absolute atomic E-state index is 12.4. The second-order valence-electron chi connectivity index (χ2n) is 7.85. The van der Waals surface area contributed by atoms with Crippen molar-refractivity contribution in [1.29, 1.82) is 0 Å². The Morgan fingerprint density at radius 2 is 1.88 bits per heavy atom. The monoisotopic (exact) mass is 495 g/mol. The first-order valence-electron chi connectivity index (χ1n) is 10.7. The summed E-state index contributed by atoms with van der Waals surface area (Å²) in [6, 6.07) is 8.15. The van der Waals surface area contributed by atoms with Gasteiger partial charge in [0.1, 0.15) is 16.5 Å². The minimum atomic E-state index is -0.282. The highest BCUT2D eigenvalue weighted by Crippen LogP contribution is 2.33. The van der Waals surface area contributed by atoms with Gasteiger partial charge >= 0.3 is 0 Å². The van der Waals surface area contributed by atoms with Crippen LogP contribution < -0.4 is 21.3 Å². The van der Waals surface area contributed by atoms with Crippen LogP contribution in [0.2, 0.25) is 0 Å². The molecular formula is C23H25N7O2S2. The van der Waals surface area contributed by atoms with Gasteiger partial charge in [0.05, 0.1) is 21.3 Å². The number of fused-ring (bicyclic) bond motifs is 1. The Bertz CT molecular complexity index is 1320. The third kappa shape index (κ3) is 5.86. The van der Waals surface area contributed by atoms with Gasteiger partial charge in [0, 0.05) is 55.1 Å². The molecule has 0 aliphatic heterocycles. The Hall–Kier alpha value is -3.57. The van der Waals surface area contributed by atoms with Crippen molar-refractivity contribution >= 4 is 61.9 Å². The number of nitrogens with one attached hydrogen (secondary N) is 4. The molecule has 0 aliphatic carbocycles. The molecule has 4 rings (SSSR count). The lowest BCUT2D eigenvalue weighted by Crippen LogP contribution is -2.33. The molecule has 0 aliphatic rings. The normalized spacial score (nSPS) is 10.9. The molecule has 176 valence electrons.